The van der Waals surface area contributed by atoms with Crippen LogP contribution in [0, 0.1) is 0 Å². The maximum atomic E-state index is 2.53. The van der Waals surface area contributed by atoms with Crippen LogP contribution >= 0.6 is 11.8 Å². The predicted octanol–water partition coefficient (Wildman–Crippen LogP) is 13.6. The van der Waals surface area contributed by atoms with Crippen molar-refractivity contribution in [2.24, 2.45) is 0 Å². The fourth-order valence-electron chi connectivity index (χ4n) is 8.82. The molecule has 7 aromatic rings. The third kappa shape index (κ3) is 4.70. The zero-order valence-electron chi connectivity index (χ0n) is 28.8. The summed E-state index contributed by atoms with van der Waals surface area (Å²) in [4.78, 5) is 3.89. The zero-order chi connectivity index (χ0) is 34.1. The molecule has 2 atom stereocenters. The van der Waals surface area contributed by atoms with Gasteiger partial charge in [-0.1, -0.05) is 159 Å². The van der Waals surface area contributed by atoms with E-state index < -0.39 is 0 Å². The number of allylic oxidation sites excluding steroid dienone is 3. The molecule has 0 saturated heterocycles. The highest BCUT2D eigenvalue weighted by molar-refractivity contribution is 8.00. The lowest BCUT2D eigenvalue weighted by Crippen LogP contribution is -2.16. The number of rotatable bonds is 5. The smallest absolute Gasteiger partial charge is 0.0540 e. The molecule has 7 aromatic carbocycles. The van der Waals surface area contributed by atoms with Gasteiger partial charge in [0.25, 0.3) is 0 Å². The van der Waals surface area contributed by atoms with E-state index in [-0.39, 0.29) is 5.41 Å². The normalized spacial score (nSPS) is 17.5. The van der Waals surface area contributed by atoms with Gasteiger partial charge in [-0.15, -0.1) is 11.8 Å². The van der Waals surface area contributed by atoms with Gasteiger partial charge in [0.15, 0.2) is 0 Å². The monoisotopic (exact) mass is 671 g/mol. The summed E-state index contributed by atoms with van der Waals surface area (Å²) in [5.74, 6) is 0.324. The molecule has 1 aliphatic heterocycles. The van der Waals surface area contributed by atoms with Crippen LogP contribution in [-0.4, -0.2) is 5.25 Å². The Labute approximate surface area is 304 Å². The van der Waals surface area contributed by atoms with E-state index in [2.05, 4.69) is 195 Å². The van der Waals surface area contributed by atoms with Gasteiger partial charge in [0.2, 0.25) is 0 Å². The Bertz CT molecular complexity index is 2550. The van der Waals surface area contributed by atoms with Crippen molar-refractivity contribution < 1.29 is 0 Å². The van der Waals surface area contributed by atoms with Crippen molar-refractivity contribution in [3.05, 3.63) is 193 Å². The number of hydrogen-bond acceptors (Lipinski definition) is 2. The number of thioether (sulfide) groups is 1. The maximum Gasteiger partial charge on any atom is 0.0540 e. The molecule has 2 unspecified atom stereocenters. The summed E-state index contributed by atoms with van der Waals surface area (Å²) in [5, 5.41) is 2.95. The fourth-order valence-corrected chi connectivity index (χ4v) is 10.2. The van der Waals surface area contributed by atoms with Crippen molar-refractivity contribution in [1.29, 1.82) is 0 Å². The van der Waals surface area contributed by atoms with Gasteiger partial charge in [-0.05, 0) is 85.6 Å². The summed E-state index contributed by atoms with van der Waals surface area (Å²) in [5.41, 5.74) is 15.4. The Morgan fingerprint density at radius 2 is 1.18 bits per heavy atom. The fraction of sp³-hybridized carbons (Fsp3) is 0.102. The van der Waals surface area contributed by atoms with Gasteiger partial charge in [0.1, 0.15) is 0 Å². The van der Waals surface area contributed by atoms with Crippen LogP contribution in [0.25, 0.3) is 44.2 Å². The van der Waals surface area contributed by atoms with Gasteiger partial charge in [-0.2, -0.15) is 0 Å². The van der Waals surface area contributed by atoms with Gasteiger partial charge in [-0.25, -0.2) is 0 Å². The molecule has 3 aliphatic rings. The topological polar surface area (TPSA) is 3.24 Å². The van der Waals surface area contributed by atoms with E-state index in [4.69, 9.17) is 0 Å². The third-order valence-electron chi connectivity index (χ3n) is 11.2. The van der Waals surface area contributed by atoms with Crippen LogP contribution in [0.5, 0.6) is 0 Å². The molecule has 244 valence electrons. The molecular weight excluding hydrogens is 635 g/mol. The minimum absolute atomic E-state index is 0.0681. The van der Waals surface area contributed by atoms with Gasteiger partial charge < -0.3 is 4.90 Å². The molecule has 0 bridgehead atoms. The first kappa shape index (κ1) is 30.3. The first-order valence-electron chi connectivity index (χ1n) is 17.9. The Kier molecular flexibility index (Phi) is 6.98. The van der Waals surface area contributed by atoms with E-state index >= 15 is 0 Å². The molecule has 10 rings (SSSR count). The lowest BCUT2D eigenvalue weighted by Gasteiger charge is -2.31. The molecule has 0 aromatic heterocycles. The van der Waals surface area contributed by atoms with Crippen LogP contribution in [0.3, 0.4) is 0 Å². The van der Waals surface area contributed by atoms with Crippen LogP contribution in [-0.2, 0) is 5.41 Å². The zero-order valence-corrected chi connectivity index (χ0v) is 29.6. The SMILES string of the molecule is CC1(C)c2ccccc2-c2c(-c3ccccc3N(c3ccc(-c4cccc5ccccc45)cc3)c3cccc4c3C3C=CC=CC3S4)cccc21. The van der Waals surface area contributed by atoms with Gasteiger partial charge in [0, 0.05) is 32.7 Å². The van der Waals surface area contributed by atoms with Gasteiger partial charge >= 0.3 is 0 Å². The Hall–Kier alpha value is -5.57. The van der Waals surface area contributed by atoms with Crippen molar-refractivity contribution in [1.82, 2.24) is 0 Å². The van der Waals surface area contributed by atoms with E-state index in [0.29, 0.717) is 11.2 Å². The van der Waals surface area contributed by atoms with Crippen molar-refractivity contribution in [2.45, 2.75) is 35.3 Å². The summed E-state index contributed by atoms with van der Waals surface area (Å²) in [7, 11) is 0. The highest BCUT2D eigenvalue weighted by atomic mass is 32.2. The van der Waals surface area contributed by atoms with Gasteiger partial charge in [-0.3, -0.25) is 0 Å². The average molecular weight is 672 g/mol. The molecule has 0 radical (unpaired) electrons. The second-order valence-corrected chi connectivity index (χ2v) is 15.6. The molecular formula is C49H37NS. The molecule has 0 fully saturated rings. The van der Waals surface area contributed by atoms with E-state index in [1.54, 1.807) is 0 Å². The summed E-state index contributed by atoms with van der Waals surface area (Å²) in [6, 6.07) is 56.3. The first-order chi connectivity index (χ1) is 25.1. The third-order valence-corrected chi connectivity index (χ3v) is 12.6. The predicted molar refractivity (Wildman–Crippen MR) is 218 cm³/mol. The number of hydrogen-bond donors (Lipinski definition) is 0. The highest BCUT2D eigenvalue weighted by Crippen LogP contribution is 2.56. The van der Waals surface area contributed by atoms with E-state index in [0.717, 1.165) is 5.69 Å². The van der Waals surface area contributed by atoms with E-state index in [1.165, 1.54) is 77.1 Å². The van der Waals surface area contributed by atoms with Crippen LogP contribution < -0.4 is 4.90 Å². The molecule has 1 nitrogen and oxygen atoms in total. The maximum absolute atomic E-state index is 2.53. The van der Waals surface area contributed by atoms with Crippen LogP contribution in [0.15, 0.2) is 181 Å². The van der Waals surface area contributed by atoms with Crippen LogP contribution in [0.1, 0.15) is 36.5 Å². The van der Waals surface area contributed by atoms with Crippen molar-refractivity contribution in [2.75, 3.05) is 4.90 Å². The molecule has 1 heterocycles. The number of nitrogens with zero attached hydrogens (tertiary/aromatic N) is 1. The second kappa shape index (κ2) is 11.8. The highest BCUT2D eigenvalue weighted by Gasteiger charge is 2.38. The van der Waals surface area contributed by atoms with Gasteiger partial charge in [0.05, 0.1) is 11.4 Å². The Morgan fingerprint density at radius 3 is 2.08 bits per heavy atom. The standard InChI is InChI=1S/C49H37NS/c1-49(2)41-22-8-5-18-39(41)47-38(21-12-23-42(47)49)37-17-6-9-24-43(37)50(44-25-13-27-46-48(44)40-19-7-10-26-45(40)51-46)34-30-28-33(29-31-34)36-20-11-15-32-14-3-4-16-35(32)36/h3-31,40,45H,1-2H3. The lowest BCUT2D eigenvalue weighted by molar-refractivity contribution is 0.660. The van der Waals surface area contributed by atoms with Crippen molar-refractivity contribution >= 4 is 39.6 Å². The number of fused-ring (bicyclic) bond motifs is 7. The molecule has 2 aliphatic carbocycles. The summed E-state index contributed by atoms with van der Waals surface area (Å²) in [6.07, 6.45) is 9.18. The van der Waals surface area contributed by atoms with E-state index in [1.807, 2.05) is 11.8 Å². The second-order valence-electron chi connectivity index (χ2n) is 14.4. The summed E-state index contributed by atoms with van der Waals surface area (Å²) >= 11 is 1.99. The van der Waals surface area contributed by atoms with Crippen molar-refractivity contribution in [3.8, 4) is 33.4 Å². The molecule has 0 N–H and O–H groups in total. The van der Waals surface area contributed by atoms with Crippen molar-refractivity contribution in [3.63, 3.8) is 0 Å². The van der Waals surface area contributed by atoms with Crippen LogP contribution in [0.4, 0.5) is 17.1 Å². The Morgan fingerprint density at radius 1 is 0.529 bits per heavy atom. The van der Waals surface area contributed by atoms with E-state index in [9.17, 15) is 0 Å². The van der Waals surface area contributed by atoms with Crippen LogP contribution in [0.2, 0.25) is 0 Å². The molecule has 0 amide bonds. The molecule has 0 spiro atoms. The summed E-state index contributed by atoms with van der Waals surface area (Å²) in [6.45, 7) is 4.73. The number of benzene rings is 7. The largest absolute Gasteiger partial charge is 0.310 e. The molecule has 0 saturated carbocycles. The Balaban J connectivity index is 1.19. The summed E-state index contributed by atoms with van der Waals surface area (Å²) < 4.78 is 0. The minimum Gasteiger partial charge on any atom is -0.310 e. The quantitative estimate of drug-likeness (QED) is 0.179. The average Bonchev–Trinajstić information content (AvgIpc) is 3.68. The number of anilines is 3. The number of para-hydroxylation sites is 1. The first-order valence-corrected chi connectivity index (χ1v) is 18.8. The molecule has 2 heteroatoms. The lowest BCUT2D eigenvalue weighted by atomic mass is 9.82. The minimum atomic E-state index is -0.0681. The molecule has 51 heavy (non-hydrogen) atoms.